The zero-order valence-electron chi connectivity index (χ0n) is 13.5. The molecule has 0 fully saturated rings. The van der Waals surface area contributed by atoms with Crippen LogP contribution in [0.3, 0.4) is 0 Å². The van der Waals surface area contributed by atoms with Crippen molar-refractivity contribution in [1.29, 1.82) is 0 Å². The first kappa shape index (κ1) is 18.9. The molecule has 5 nitrogen and oxygen atoms in total. The first-order chi connectivity index (χ1) is 9.38. The Bertz CT molecular complexity index is 291. The van der Waals surface area contributed by atoms with Gasteiger partial charge in [0.25, 0.3) is 0 Å². The molecule has 0 saturated carbocycles. The van der Waals surface area contributed by atoms with Gasteiger partial charge in [-0.05, 0) is 26.2 Å². The van der Waals surface area contributed by atoms with Gasteiger partial charge in [-0.2, -0.15) is 0 Å². The monoisotopic (exact) mass is 286 g/mol. The van der Waals surface area contributed by atoms with E-state index >= 15 is 0 Å². The van der Waals surface area contributed by atoms with E-state index in [0.29, 0.717) is 19.2 Å². The van der Waals surface area contributed by atoms with Crippen molar-refractivity contribution >= 4 is 11.9 Å². The molecular weight excluding hydrogens is 256 g/mol. The van der Waals surface area contributed by atoms with Crippen LogP contribution in [0.4, 0.5) is 4.79 Å². The molecule has 2 N–H and O–H groups in total. The molecule has 118 valence electrons. The van der Waals surface area contributed by atoms with Gasteiger partial charge in [-0.1, -0.05) is 27.7 Å². The summed E-state index contributed by atoms with van der Waals surface area (Å²) in [6.45, 7) is 10.7. The van der Waals surface area contributed by atoms with E-state index in [-0.39, 0.29) is 23.8 Å². The zero-order chi connectivity index (χ0) is 15.5. The number of nitrogens with one attached hydrogen (secondary N) is 2. The lowest BCUT2D eigenvalue weighted by Crippen LogP contribution is -2.42. The predicted molar refractivity (Wildman–Crippen MR) is 80.8 cm³/mol. The lowest BCUT2D eigenvalue weighted by molar-refractivity contribution is -0.124. The molecule has 0 bridgehead atoms. The number of ether oxygens (including phenoxy) is 1. The van der Waals surface area contributed by atoms with E-state index in [1.807, 2.05) is 27.7 Å². The van der Waals surface area contributed by atoms with Crippen LogP contribution < -0.4 is 10.6 Å². The summed E-state index contributed by atoms with van der Waals surface area (Å²) < 4.78 is 4.78. The van der Waals surface area contributed by atoms with Gasteiger partial charge in [-0.15, -0.1) is 0 Å². The minimum Gasteiger partial charge on any atom is -0.450 e. The summed E-state index contributed by atoms with van der Waals surface area (Å²) in [6, 6.07) is 0.206. The summed E-state index contributed by atoms with van der Waals surface area (Å²) in [5.74, 6) is 0.306. The normalized spacial score (nSPS) is 12.6. The van der Waals surface area contributed by atoms with Gasteiger partial charge in [0.15, 0.2) is 5.78 Å². The number of carbonyl (C=O) groups excluding carboxylic acids is 2. The lowest BCUT2D eigenvalue weighted by atomic mass is 9.96. The lowest BCUT2D eigenvalue weighted by Gasteiger charge is -2.22. The minimum absolute atomic E-state index is 0.0453. The van der Waals surface area contributed by atoms with Crippen LogP contribution >= 0.6 is 0 Å². The zero-order valence-corrected chi connectivity index (χ0v) is 13.5. The topological polar surface area (TPSA) is 67.4 Å². The highest BCUT2D eigenvalue weighted by Gasteiger charge is 2.21. The fourth-order valence-corrected chi connectivity index (χ4v) is 1.96. The molecule has 5 heteroatoms. The highest BCUT2D eigenvalue weighted by atomic mass is 16.5. The SMILES string of the molecule is CCOC(=O)NCCCCC(NC(C)C)C(=O)C(C)C. The maximum atomic E-state index is 12.1. The Labute approximate surface area is 122 Å². The van der Waals surface area contributed by atoms with Crippen LogP contribution in [-0.4, -0.2) is 37.1 Å². The van der Waals surface area contributed by atoms with E-state index in [1.54, 1.807) is 6.92 Å². The van der Waals surface area contributed by atoms with Gasteiger partial charge in [-0.25, -0.2) is 4.79 Å². The number of amides is 1. The molecule has 0 rings (SSSR count). The third kappa shape index (κ3) is 8.91. The molecule has 1 unspecified atom stereocenters. The molecular formula is C15H30N2O3. The van der Waals surface area contributed by atoms with Crippen LogP contribution in [0.5, 0.6) is 0 Å². The number of Topliss-reactive ketones (excluding diaryl/α,β-unsaturated/α-hetero) is 1. The fourth-order valence-electron chi connectivity index (χ4n) is 1.96. The molecule has 0 radical (unpaired) electrons. The molecule has 0 aromatic carbocycles. The molecule has 0 heterocycles. The Morgan fingerprint density at radius 2 is 1.75 bits per heavy atom. The number of unbranched alkanes of at least 4 members (excludes halogenated alkanes) is 1. The Kier molecular flexibility index (Phi) is 10.1. The molecule has 0 aromatic heterocycles. The maximum absolute atomic E-state index is 12.1. The molecule has 0 aliphatic rings. The summed E-state index contributed by atoms with van der Waals surface area (Å²) in [7, 11) is 0. The predicted octanol–water partition coefficient (Wildman–Crippen LogP) is 2.49. The van der Waals surface area contributed by atoms with E-state index in [1.165, 1.54) is 0 Å². The summed E-state index contributed by atoms with van der Waals surface area (Å²) in [5, 5.41) is 6.00. The van der Waals surface area contributed by atoms with E-state index in [4.69, 9.17) is 4.74 Å². The van der Waals surface area contributed by atoms with Crippen LogP contribution in [0.2, 0.25) is 0 Å². The van der Waals surface area contributed by atoms with Crippen LogP contribution in [0.15, 0.2) is 0 Å². The van der Waals surface area contributed by atoms with Crippen molar-refractivity contribution in [2.75, 3.05) is 13.2 Å². The minimum atomic E-state index is -0.373. The second-order valence-corrected chi connectivity index (χ2v) is 5.57. The third-order valence-electron chi connectivity index (χ3n) is 2.91. The molecule has 20 heavy (non-hydrogen) atoms. The fraction of sp³-hybridized carbons (Fsp3) is 0.867. The second kappa shape index (κ2) is 10.7. The van der Waals surface area contributed by atoms with Crippen LogP contribution in [0, 0.1) is 5.92 Å². The number of alkyl carbamates (subject to hydrolysis) is 1. The summed E-state index contributed by atoms with van der Waals surface area (Å²) >= 11 is 0. The van der Waals surface area contributed by atoms with Crippen molar-refractivity contribution in [2.45, 2.75) is 66.0 Å². The number of hydrogen-bond donors (Lipinski definition) is 2. The van der Waals surface area contributed by atoms with E-state index in [9.17, 15) is 9.59 Å². The van der Waals surface area contributed by atoms with Gasteiger partial charge < -0.3 is 15.4 Å². The average Bonchev–Trinajstić information content (AvgIpc) is 2.35. The Morgan fingerprint density at radius 3 is 2.25 bits per heavy atom. The molecule has 1 atom stereocenters. The molecule has 0 spiro atoms. The molecule has 1 amide bonds. The number of ketones is 1. The van der Waals surface area contributed by atoms with Crippen molar-refractivity contribution in [3.63, 3.8) is 0 Å². The van der Waals surface area contributed by atoms with Gasteiger partial charge in [0.1, 0.15) is 0 Å². The van der Waals surface area contributed by atoms with Crippen molar-refractivity contribution in [2.24, 2.45) is 5.92 Å². The Morgan fingerprint density at radius 1 is 1.10 bits per heavy atom. The summed E-state index contributed by atoms with van der Waals surface area (Å²) in [6.07, 6.45) is 2.18. The number of rotatable bonds is 10. The smallest absolute Gasteiger partial charge is 0.407 e. The number of hydrogen-bond acceptors (Lipinski definition) is 4. The van der Waals surface area contributed by atoms with Crippen molar-refractivity contribution < 1.29 is 14.3 Å². The standard InChI is InChI=1S/C15H30N2O3/c1-6-20-15(19)16-10-8-7-9-13(17-12(4)5)14(18)11(2)3/h11-13,17H,6-10H2,1-5H3,(H,16,19). The summed E-state index contributed by atoms with van der Waals surface area (Å²) in [4.78, 5) is 23.2. The van der Waals surface area contributed by atoms with Gasteiger partial charge in [0.2, 0.25) is 0 Å². The van der Waals surface area contributed by atoms with Crippen molar-refractivity contribution in [3.8, 4) is 0 Å². The van der Waals surface area contributed by atoms with Gasteiger partial charge in [0, 0.05) is 18.5 Å². The summed E-state index contributed by atoms with van der Waals surface area (Å²) in [5.41, 5.74) is 0. The largest absolute Gasteiger partial charge is 0.450 e. The van der Waals surface area contributed by atoms with Crippen LogP contribution in [0.1, 0.15) is 53.9 Å². The van der Waals surface area contributed by atoms with Crippen molar-refractivity contribution in [3.05, 3.63) is 0 Å². The Hall–Kier alpha value is -1.10. The van der Waals surface area contributed by atoms with E-state index in [0.717, 1.165) is 19.3 Å². The first-order valence-electron chi connectivity index (χ1n) is 7.58. The Balaban J connectivity index is 3.96. The quantitative estimate of drug-likeness (QED) is 0.605. The maximum Gasteiger partial charge on any atom is 0.407 e. The second-order valence-electron chi connectivity index (χ2n) is 5.57. The van der Waals surface area contributed by atoms with Gasteiger partial charge in [0.05, 0.1) is 12.6 Å². The first-order valence-corrected chi connectivity index (χ1v) is 7.58. The number of carbonyl (C=O) groups is 2. The van der Waals surface area contributed by atoms with E-state index in [2.05, 4.69) is 10.6 Å². The van der Waals surface area contributed by atoms with Gasteiger partial charge >= 0.3 is 6.09 Å². The third-order valence-corrected chi connectivity index (χ3v) is 2.91. The highest BCUT2D eigenvalue weighted by Crippen LogP contribution is 2.08. The molecule has 0 aliphatic heterocycles. The van der Waals surface area contributed by atoms with Crippen LogP contribution in [0.25, 0.3) is 0 Å². The van der Waals surface area contributed by atoms with Crippen LogP contribution in [-0.2, 0) is 9.53 Å². The highest BCUT2D eigenvalue weighted by molar-refractivity contribution is 5.85. The molecule has 0 aromatic rings. The van der Waals surface area contributed by atoms with Crippen molar-refractivity contribution in [1.82, 2.24) is 10.6 Å². The molecule has 0 aliphatic carbocycles. The van der Waals surface area contributed by atoms with Gasteiger partial charge in [-0.3, -0.25) is 4.79 Å². The average molecular weight is 286 g/mol. The van der Waals surface area contributed by atoms with E-state index < -0.39 is 0 Å². The molecule has 0 saturated heterocycles.